The SMILES string of the molecule is CNC(=O)C(C)N(Cc1cccc(OC)c1)C(=O)CCCN(C)S(=O)(=O)c1ccccc1. The highest BCUT2D eigenvalue weighted by Gasteiger charge is 2.26. The van der Waals surface area contributed by atoms with Crippen molar-refractivity contribution < 1.29 is 22.7 Å². The average Bonchev–Trinajstić information content (AvgIpc) is 2.81. The van der Waals surface area contributed by atoms with E-state index in [4.69, 9.17) is 4.74 Å². The van der Waals surface area contributed by atoms with E-state index in [1.165, 1.54) is 35.4 Å². The third kappa shape index (κ3) is 6.54. The smallest absolute Gasteiger partial charge is 0.242 e. The Morgan fingerprint density at radius 1 is 1.09 bits per heavy atom. The van der Waals surface area contributed by atoms with Crippen molar-refractivity contribution >= 4 is 21.8 Å². The van der Waals surface area contributed by atoms with Gasteiger partial charge in [-0.2, -0.15) is 0 Å². The van der Waals surface area contributed by atoms with Gasteiger partial charge in [-0.15, -0.1) is 0 Å². The molecule has 0 aromatic heterocycles. The van der Waals surface area contributed by atoms with Crippen LogP contribution in [0.3, 0.4) is 0 Å². The quantitative estimate of drug-likeness (QED) is 0.554. The predicted molar refractivity (Wildman–Crippen MR) is 123 cm³/mol. The highest BCUT2D eigenvalue weighted by atomic mass is 32.2. The van der Waals surface area contributed by atoms with E-state index in [9.17, 15) is 18.0 Å². The first-order valence-electron chi connectivity index (χ1n) is 10.4. The standard InChI is InChI=1S/C23H31N3O5S/c1-18(23(28)24-2)26(17-19-10-8-11-20(16-19)31-4)22(27)14-9-15-25(3)32(29,30)21-12-6-5-7-13-21/h5-8,10-13,16,18H,9,14-15,17H2,1-4H3,(H,24,28). The zero-order valence-electron chi connectivity index (χ0n) is 18.9. The molecule has 2 aromatic carbocycles. The average molecular weight is 462 g/mol. The van der Waals surface area contributed by atoms with E-state index >= 15 is 0 Å². The normalized spacial score (nSPS) is 12.3. The summed E-state index contributed by atoms with van der Waals surface area (Å²) in [5, 5.41) is 2.58. The summed E-state index contributed by atoms with van der Waals surface area (Å²) < 4.78 is 31.8. The number of hydrogen-bond acceptors (Lipinski definition) is 5. The van der Waals surface area contributed by atoms with Crippen LogP contribution >= 0.6 is 0 Å². The molecule has 0 saturated carbocycles. The number of nitrogens with zero attached hydrogens (tertiary/aromatic N) is 2. The van der Waals surface area contributed by atoms with E-state index in [0.29, 0.717) is 12.2 Å². The molecule has 9 heteroatoms. The fourth-order valence-corrected chi connectivity index (χ4v) is 4.48. The molecule has 0 saturated heterocycles. The van der Waals surface area contributed by atoms with Gasteiger partial charge in [0, 0.05) is 33.6 Å². The lowest BCUT2D eigenvalue weighted by atomic mass is 10.1. The summed E-state index contributed by atoms with van der Waals surface area (Å²) in [6.45, 7) is 2.09. The lowest BCUT2D eigenvalue weighted by Gasteiger charge is -2.29. The van der Waals surface area contributed by atoms with Gasteiger partial charge in [-0.1, -0.05) is 30.3 Å². The highest BCUT2D eigenvalue weighted by Crippen LogP contribution is 2.18. The van der Waals surface area contributed by atoms with Crippen LogP contribution in [0.1, 0.15) is 25.3 Å². The van der Waals surface area contributed by atoms with Crippen molar-refractivity contribution in [3.8, 4) is 5.75 Å². The molecule has 0 aliphatic rings. The van der Waals surface area contributed by atoms with Gasteiger partial charge in [0.25, 0.3) is 0 Å². The Bertz CT molecular complexity index is 1010. The van der Waals surface area contributed by atoms with Crippen LogP contribution in [0.25, 0.3) is 0 Å². The van der Waals surface area contributed by atoms with Gasteiger partial charge in [0.05, 0.1) is 12.0 Å². The van der Waals surface area contributed by atoms with Crippen LogP contribution in [0.15, 0.2) is 59.5 Å². The second-order valence-electron chi connectivity index (χ2n) is 7.41. The molecule has 32 heavy (non-hydrogen) atoms. The van der Waals surface area contributed by atoms with Gasteiger partial charge < -0.3 is 15.0 Å². The molecule has 0 radical (unpaired) electrons. The molecule has 2 amide bonds. The maximum absolute atomic E-state index is 13.0. The van der Waals surface area contributed by atoms with Crippen LogP contribution in [0.4, 0.5) is 0 Å². The zero-order valence-corrected chi connectivity index (χ0v) is 19.8. The summed E-state index contributed by atoms with van der Waals surface area (Å²) in [6.07, 6.45) is 0.441. The van der Waals surface area contributed by atoms with E-state index in [1.54, 1.807) is 38.3 Å². The summed E-state index contributed by atoms with van der Waals surface area (Å²) >= 11 is 0. The van der Waals surface area contributed by atoms with Crippen LogP contribution in [0.5, 0.6) is 5.75 Å². The van der Waals surface area contributed by atoms with Gasteiger partial charge in [0.2, 0.25) is 21.8 Å². The molecule has 174 valence electrons. The fourth-order valence-electron chi connectivity index (χ4n) is 3.25. The Kier molecular flexibility index (Phi) is 9.22. The summed E-state index contributed by atoms with van der Waals surface area (Å²) in [5.41, 5.74) is 0.831. The van der Waals surface area contributed by atoms with Gasteiger partial charge >= 0.3 is 0 Å². The number of carbonyl (C=O) groups excluding carboxylic acids is 2. The van der Waals surface area contributed by atoms with Crippen LogP contribution in [-0.4, -0.2) is 63.2 Å². The Morgan fingerprint density at radius 3 is 2.41 bits per heavy atom. The maximum Gasteiger partial charge on any atom is 0.242 e. The molecule has 0 aliphatic carbocycles. The van der Waals surface area contributed by atoms with Crippen LogP contribution in [-0.2, 0) is 26.2 Å². The molecule has 0 bridgehead atoms. The molecule has 2 aromatic rings. The van der Waals surface area contributed by atoms with Crippen molar-refractivity contribution in [3.05, 3.63) is 60.2 Å². The number of sulfonamides is 1. The van der Waals surface area contributed by atoms with Crippen molar-refractivity contribution in [2.24, 2.45) is 0 Å². The second kappa shape index (κ2) is 11.6. The number of nitrogens with one attached hydrogen (secondary N) is 1. The van der Waals surface area contributed by atoms with Gasteiger partial charge in [-0.3, -0.25) is 9.59 Å². The Labute approximate surface area is 190 Å². The third-order valence-electron chi connectivity index (χ3n) is 5.22. The number of ether oxygens (including phenoxy) is 1. The van der Waals surface area contributed by atoms with Gasteiger partial charge in [-0.25, -0.2) is 12.7 Å². The van der Waals surface area contributed by atoms with Crippen molar-refractivity contribution in [2.45, 2.75) is 37.2 Å². The minimum atomic E-state index is -3.62. The van der Waals surface area contributed by atoms with Gasteiger partial charge in [0.15, 0.2) is 0 Å². The number of methoxy groups -OCH3 is 1. The van der Waals surface area contributed by atoms with Gasteiger partial charge in [-0.05, 0) is 43.2 Å². The maximum atomic E-state index is 13.0. The molecular weight excluding hydrogens is 430 g/mol. The van der Waals surface area contributed by atoms with Crippen LogP contribution < -0.4 is 10.1 Å². The Hall–Kier alpha value is -2.91. The van der Waals surface area contributed by atoms with E-state index in [0.717, 1.165) is 5.56 Å². The molecule has 1 N–H and O–H groups in total. The number of amides is 2. The topological polar surface area (TPSA) is 96.0 Å². The molecule has 0 fully saturated rings. The third-order valence-corrected chi connectivity index (χ3v) is 7.09. The second-order valence-corrected chi connectivity index (χ2v) is 9.45. The number of hydrogen-bond donors (Lipinski definition) is 1. The highest BCUT2D eigenvalue weighted by molar-refractivity contribution is 7.89. The van der Waals surface area contributed by atoms with E-state index in [-0.39, 0.29) is 36.2 Å². The summed E-state index contributed by atoms with van der Waals surface area (Å²) in [5.74, 6) is 0.162. The lowest BCUT2D eigenvalue weighted by molar-refractivity contribution is -0.140. The molecule has 1 unspecified atom stereocenters. The molecular formula is C23H31N3O5S. The van der Waals surface area contributed by atoms with Crippen LogP contribution in [0, 0.1) is 0 Å². The van der Waals surface area contributed by atoms with Crippen molar-refractivity contribution in [3.63, 3.8) is 0 Å². The number of rotatable bonds is 11. The van der Waals surface area contributed by atoms with E-state index < -0.39 is 16.1 Å². The van der Waals surface area contributed by atoms with E-state index in [1.807, 2.05) is 18.2 Å². The van der Waals surface area contributed by atoms with Crippen LogP contribution in [0.2, 0.25) is 0 Å². The number of likely N-dealkylation sites (N-methyl/N-ethyl adjacent to an activating group) is 1. The monoisotopic (exact) mass is 461 g/mol. The molecule has 0 spiro atoms. The van der Waals surface area contributed by atoms with Gasteiger partial charge in [0.1, 0.15) is 11.8 Å². The molecule has 8 nitrogen and oxygen atoms in total. The van der Waals surface area contributed by atoms with E-state index in [2.05, 4.69) is 5.32 Å². The number of carbonyl (C=O) groups is 2. The first-order chi connectivity index (χ1) is 15.2. The van der Waals surface area contributed by atoms with Crippen molar-refractivity contribution in [1.29, 1.82) is 0 Å². The largest absolute Gasteiger partial charge is 0.497 e. The summed E-state index contributed by atoms with van der Waals surface area (Å²) in [7, 11) is 0.966. The zero-order chi connectivity index (χ0) is 23.7. The van der Waals surface area contributed by atoms with Crippen molar-refractivity contribution in [2.75, 3.05) is 27.7 Å². The Balaban J connectivity index is 2.06. The molecule has 0 aliphatic heterocycles. The predicted octanol–water partition coefficient (Wildman–Crippen LogP) is 2.26. The summed E-state index contributed by atoms with van der Waals surface area (Å²) in [4.78, 5) is 26.9. The fraction of sp³-hybridized carbons (Fsp3) is 0.391. The van der Waals surface area contributed by atoms with Crippen molar-refractivity contribution in [1.82, 2.24) is 14.5 Å². The number of benzene rings is 2. The first-order valence-corrected chi connectivity index (χ1v) is 11.8. The summed E-state index contributed by atoms with van der Waals surface area (Å²) in [6, 6.07) is 14.8. The lowest BCUT2D eigenvalue weighted by Crippen LogP contribution is -2.46. The Morgan fingerprint density at radius 2 is 1.78 bits per heavy atom. The molecule has 2 rings (SSSR count). The minimum absolute atomic E-state index is 0.111. The molecule has 0 heterocycles. The minimum Gasteiger partial charge on any atom is -0.497 e. The molecule has 1 atom stereocenters. The first kappa shape index (κ1) is 25.4.